The number of anilines is 3. The van der Waals surface area contributed by atoms with E-state index in [2.05, 4.69) is 85.0 Å². The van der Waals surface area contributed by atoms with E-state index < -0.39 is 74.4 Å². The van der Waals surface area contributed by atoms with Crippen molar-refractivity contribution in [3.8, 4) is 18.2 Å². The van der Waals surface area contributed by atoms with Crippen molar-refractivity contribution in [1.29, 1.82) is 15.8 Å². The second-order valence-corrected chi connectivity index (χ2v) is 26.3. The summed E-state index contributed by atoms with van der Waals surface area (Å²) in [6.07, 6.45) is 9.44. The number of benzene rings is 3. The highest BCUT2D eigenvalue weighted by molar-refractivity contribution is 5.98. The van der Waals surface area contributed by atoms with Crippen LogP contribution in [0.5, 0.6) is 0 Å². The standard InChI is InChI=1S/3C23H27F2N5O/c3*1-29-9-6-16(7-10-29)13-28-22(31)18-11-23(24,25)15-30(14-18)20-5-4-17(12-26)21-19(20)3-2-8-27-21/h3*2-5,8,16,18H,6-7,9-11,13-15H2,1H3,(H,28,31). The van der Waals surface area contributed by atoms with E-state index >= 15 is 0 Å². The van der Waals surface area contributed by atoms with Gasteiger partial charge in [0, 0.05) is 110 Å². The lowest BCUT2D eigenvalue weighted by molar-refractivity contribution is -0.130. The molecule has 12 rings (SSSR count). The van der Waals surface area contributed by atoms with Crippen molar-refractivity contribution >= 4 is 67.5 Å². The van der Waals surface area contributed by atoms with Crippen molar-refractivity contribution in [2.24, 2.45) is 35.5 Å². The predicted molar refractivity (Wildman–Crippen MR) is 345 cm³/mol. The zero-order valence-electron chi connectivity index (χ0n) is 53.0. The van der Waals surface area contributed by atoms with E-state index in [9.17, 15) is 56.5 Å². The number of fused-ring (bicyclic) bond motifs is 3. The number of likely N-dealkylation sites (tertiary alicyclic amines) is 3. The van der Waals surface area contributed by atoms with Crippen LogP contribution in [0.1, 0.15) is 74.5 Å². The van der Waals surface area contributed by atoms with Gasteiger partial charge in [-0.25, -0.2) is 26.3 Å². The Labute approximate surface area is 538 Å². The lowest BCUT2D eigenvalue weighted by atomic mass is 9.92. The molecule has 6 aliphatic rings. The third-order valence-corrected chi connectivity index (χ3v) is 19.2. The number of rotatable bonds is 12. The highest BCUT2D eigenvalue weighted by Gasteiger charge is 2.46. The molecule has 93 heavy (non-hydrogen) atoms. The molecule has 6 saturated heterocycles. The normalized spacial score (nSPS) is 22.3. The molecule has 6 aliphatic heterocycles. The van der Waals surface area contributed by atoms with Crippen molar-refractivity contribution in [2.45, 2.75) is 75.6 Å². The lowest BCUT2D eigenvalue weighted by Gasteiger charge is -2.39. The monoisotopic (exact) mass is 1280 g/mol. The van der Waals surface area contributed by atoms with Crippen LogP contribution in [0.3, 0.4) is 0 Å². The summed E-state index contributed by atoms with van der Waals surface area (Å²) in [4.78, 5) is 62.7. The molecule has 0 spiro atoms. The summed E-state index contributed by atoms with van der Waals surface area (Å²) in [5.41, 5.74) is 4.39. The van der Waals surface area contributed by atoms with Crippen LogP contribution < -0.4 is 30.7 Å². The Kier molecular flexibility index (Phi) is 21.6. The van der Waals surface area contributed by atoms with Gasteiger partial charge in [0.15, 0.2) is 0 Å². The molecule has 3 N–H and O–H groups in total. The maximum Gasteiger partial charge on any atom is 0.266 e. The number of amides is 3. The number of hydrogen-bond acceptors (Lipinski definition) is 15. The summed E-state index contributed by atoms with van der Waals surface area (Å²) in [6, 6.07) is 26.6. The van der Waals surface area contributed by atoms with Crippen LogP contribution >= 0.6 is 0 Å². The first-order valence-electron chi connectivity index (χ1n) is 32.2. The molecule has 24 heteroatoms. The van der Waals surface area contributed by atoms with Crippen molar-refractivity contribution in [3.63, 3.8) is 0 Å². The maximum absolute atomic E-state index is 14.6. The Bertz CT molecular complexity index is 3370. The van der Waals surface area contributed by atoms with Gasteiger partial charge in [-0.2, -0.15) is 15.8 Å². The zero-order chi connectivity index (χ0) is 66.0. The minimum absolute atomic E-state index is 0.213. The largest absolute Gasteiger partial charge is 0.364 e. The minimum Gasteiger partial charge on any atom is -0.364 e. The van der Waals surface area contributed by atoms with E-state index in [1.54, 1.807) is 106 Å². The van der Waals surface area contributed by atoms with Crippen LogP contribution in [0.25, 0.3) is 32.7 Å². The number of nitrogens with one attached hydrogen (secondary N) is 3. The average Bonchev–Trinajstić information content (AvgIpc) is 0.819. The van der Waals surface area contributed by atoms with Crippen molar-refractivity contribution < 1.29 is 40.7 Å². The summed E-state index contributed by atoms with van der Waals surface area (Å²) in [5, 5.41) is 38.7. The van der Waals surface area contributed by atoms with E-state index in [4.69, 9.17) is 0 Å². The van der Waals surface area contributed by atoms with E-state index in [0.29, 0.717) is 104 Å². The van der Waals surface area contributed by atoms with Gasteiger partial charge in [0.25, 0.3) is 17.8 Å². The molecule has 6 fully saturated rings. The molecule has 0 aliphatic carbocycles. The number of aromatic nitrogens is 3. The van der Waals surface area contributed by atoms with Gasteiger partial charge in [-0.1, -0.05) is 0 Å². The van der Waals surface area contributed by atoms with Crippen LogP contribution in [0, 0.1) is 69.5 Å². The second-order valence-electron chi connectivity index (χ2n) is 26.3. The number of nitrogens with zero attached hydrogens (tertiary/aromatic N) is 12. The van der Waals surface area contributed by atoms with Gasteiger partial charge >= 0.3 is 0 Å². The molecule has 3 aromatic heterocycles. The Balaban J connectivity index is 0.000000153. The molecule has 0 bridgehead atoms. The van der Waals surface area contributed by atoms with Crippen molar-refractivity contribution in [2.75, 3.05) is 134 Å². The number of hydrogen-bond donors (Lipinski definition) is 3. The number of carbonyl (C=O) groups is 3. The first-order chi connectivity index (χ1) is 44.6. The molecule has 9 heterocycles. The molecular formula is C69H81F6N15O3. The fourth-order valence-electron chi connectivity index (χ4n) is 13.9. The van der Waals surface area contributed by atoms with Crippen LogP contribution in [0.2, 0.25) is 0 Å². The fraction of sp³-hybridized carbons (Fsp3) is 0.522. The number of nitriles is 3. The SMILES string of the molecule is CN1CCC(CNC(=O)C2CN(c3ccc(C#N)c4ncccc34)CC(F)(F)C2)CC1.CN1CCC(CNC(=O)C2CN(c3ccc(C#N)c4ncccc34)CC(F)(F)C2)CC1.CN1CCC(CNC(=O)C2CN(c3ccc(C#N)c4ncccc34)CC(F)(F)C2)CC1. The van der Waals surface area contributed by atoms with E-state index in [1.165, 1.54) is 0 Å². The summed E-state index contributed by atoms with van der Waals surface area (Å²) in [6.45, 7) is 6.86. The number of carbonyl (C=O) groups excluding carboxylic acids is 3. The lowest BCUT2D eigenvalue weighted by Crippen LogP contribution is -2.52. The molecule has 0 saturated carbocycles. The van der Waals surface area contributed by atoms with Gasteiger partial charge in [0.2, 0.25) is 17.7 Å². The number of piperidine rings is 6. The summed E-state index contributed by atoms with van der Waals surface area (Å²) < 4.78 is 87.8. The number of pyridine rings is 3. The Morgan fingerprint density at radius 1 is 0.441 bits per heavy atom. The number of halogens is 6. The smallest absolute Gasteiger partial charge is 0.266 e. The maximum atomic E-state index is 14.6. The highest BCUT2D eigenvalue weighted by atomic mass is 19.3. The second kappa shape index (κ2) is 29.7. The van der Waals surface area contributed by atoms with Crippen LogP contribution in [0.15, 0.2) is 91.4 Å². The van der Waals surface area contributed by atoms with Gasteiger partial charge < -0.3 is 45.3 Å². The van der Waals surface area contributed by atoms with Gasteiger partial charge in [0.1, 0.15) is 18.2 Å². The fourth-order valence-corrected chi connectivity index (χ4v) is 13.9. The summed E-state index contributed by atoms with van der Waals surface area (Å²) in [7, 11) is 6.24. The molecule has 6 aromatic rings. The van der Waals surface area contributed by atoms with Crippen molar-refractivity contribution in [3.05, 3.63) is 108 Å². The highest BCUT2D eigenvalue weighted by Crippen LogP contribution is 2.40. The molecular weight excluding hydrogens is 1200 g/mol. The first-order valence-corrected chi connectivity index (χ1v) is 32.2. The van der Waals surface area contributed by atoms with Gasteiger partial charge in [-0.3, -0.25) is 29.3 Å². The van der Waals surface area contributed by atoms with E-state index in [0.717, 1.165) is 77.8 Å². The van der Waals surface area contributed by atoms with E-state index in [-0.39, 0.29) is 37.4 Å². The third-order valence-electron chi connectivity index (χ3n) is 19.2. The van der Waals surface area contributed by atoms with Gasteiger partial charge in [-0.05, 0) is 189 Å². The molecule has 3 aromatic carbocycles. The first kappa shape index (κ1) is 67.5. The van der Waals surface area contributed by atoms with Crippen LogP contribution in [-0.2, 0) is 14.4 Å². The molecule has 3 atom stereocenters. The molecule has 3 unspecified atom stereocenters. The van der Waals surface area contributed by atoms with Gasteiger partial charge in [0.05, 0.1) is 70.6 Å². The van der Waals surface area contributed by atoms with Gasteiger partial charge in [-0.15, -0.1) is 0 Å². The average molecular weight is 1280 g/mol. The zero-order valence-corrected chi connectivity index (χ0v) is 53.0. The minimum atomic E-state index is -2.98. The van der Waals surface area contributed by atoms with E-state index in [1.807, 2.05) is 0 Å². The quantitative estimate of drug-likeness (QED) is 0.0974. The molecule has 3 amide bonds. The summed E-state index contributed by atoms with van der Waals surface area (Å²) >= 11 is 0. The third kappa shape index (κ3) is 17.1. The Hall–Kier alpha value is -8.37. The van der Waals surface area contributed by atoms with Crippen LogP contribution in [-0.4, -0.2) is 184 Å². The topological polar surface area (TPSA) is 217 Å². The molecule has 18 nitrogen and oxygen atoms in total. The molecule has 0 radical (unpaired) electrons. The molecule has 492 valence electrons. The number of alkyl halides is 6. The Morgan fingerprint density at radius 2 is 0.699 bits per heavy atom. The predicted octanol–water partition coefficient (Wildman–Crippen LogP) is 9.08. The summed E-state index contributed by atoms with van der Waals surface area (Å²) in [5.74, 6) is -11.0. The Morgan fingerprint density at radius 3 is 0.946 bits per heavy atom. The van der Waals surface area contributed by atoms with Crippen LogP contribution in [0.4, 0.5) is 43.4 Å². The van der Waals surface area contributed by atoms with Crippen molar-refractivity contribution in [1.82, 2.24) is 45.6 Å².